The van der Waals surface area contributed by atoms with E-state index in [1.165, 1.54) is 32.6 Å². The van der Waals surface area contributed by atoms with E-state index in [4.69, 9.17) is 14.6 Å². The van der Waals surface area contributed by atoms with Gasteiger partial charge in [0.2, 0.25) is 5.91 Å². The topological polar surface area (TPSA) is 71.4 Å². The molecule has 188 valence electrons. The normalized spacial score (nSPS) is 25.5. The highest BCUT2D eigenvalue weighted by molar-refractivity contribution is 5.93. The maximum absolute atomic E-state index is 13.0. The summed E-state index contributed by atoms with van der Waals surface area (Å²) in [4.78, 5) is 38.2. The van der Waals surface area contributed by atoms with E-state index in [1.807, 2.05) is 9.96 Å². The van der Waals surface area contributed by atoms with E-state index < -0.39 is 11.1 Å². The first kappa shape index (κ1) is 26.0. The van der Waals surface area contributed by atoms with Crippen molar-refractivity contribution >= 4 is 17.9 Å². The molecular weight excluding hydrogens is 418 g/mol. The third-order valence-electron chi connectivity index (χ3n) is 7.41. The SMILES string of the molecule is CC(=O)OC1CC(C)(C)N(O/C(=N\C2CCCCC2)N(C(C)=O)C2CCCCC2)C(C)(C)C1. The van der Waals surface area contributed by atoms with Crippen molar-refractivity contribution in [2.75, 3.05) is 0 Å². The molecule has 0 aromatic carbocycles. The van der Waals surface area contributed by atoms with E-state index in [1.54, 1.807) is 6.92 Å². The van der Waals surface area contributed by atoms with Crippen LogP contribution in [0.25, 0.3) is 0 Å². The largest absolute Gasteiger partial charge is 0.462 e. The summed E-state index contributed by atoms with van der Waals surface area (Å²) < 4.78 is 5.60. The molecule has 0 aromatic rings. The van der Waals surface area contributed by atoms with Gasteiger partial charge in [-0.1, -0.05) is 38.5 Å². The van der Waals surface area contributed by atoms with Gasteiger partial charge in [0, 0.05) is 32.7 Å². The molecule has 0 unspecified atom stereocenters. The second-order valence-electron chi connectivity index (χ2n) is 11.5. The van der Waals surface area contributed by atoms with Crippen molar-refractivity contribution in [3.05, 3.63) is 0 Å². The number of aliphatic imine (C=N–C) groups is 1. The first-order chi connectivity index (χ1) is 15.5. The Balaban J connectivity index is 1.92. The summed E-state index contributed by atoms with van der Waals surface area (Å²) in [5, 5.41) is 2.01. The van der Waals surface area contributed by atoms with Crippen LogP contribution in [0.1, 0.15) is 119 Å². The lowest BCUT2D eigenvalue weighted by Gasteiger charge is -2.53. The third kappa shape index (κ3) is 6.71. The molecule has 33 heavy (non-hydrogen) atoms. The summed E-state index contributed by atoms with van der Waals surface area (Å²) >= 11 is 0. The summed E-state index contributed by atoms with van der Waals surface area (Å²) in [5.41, 5.74) is -0.797. The average molecular weight is 464 g/mol. The molecule has 2 saturated carbocycles. The lowest BCUT2D eigenvalue weighted by molar-refractivity contribution is -0.252. The number of esters is 1. The van der Waals surface area contributed by atoms with Gasteiger partial charge in [0.1, 0.15) is 6.10 Å². The van der Waals surface area contributed by atoms with Crippen LogP contribution in [-0.4, -0.2) is 57.1 Å². The molecule has 3 aliphatic rings. The number of ether oxygens (including phenoxy) is 1. The molecule has 0 radical (unpaired) electrons. The van der Waals surface area contributed by atoms with Crippen molar-refractivity contribution in [3.8, 4) is 0 Å². The fourth-order valence-corrected chi connectivity index (χ4v) is 6.20. The number of amidine groups is 1. The van der Waals surface area contributed by atoms with Crippen molar-refractivity contribution < 1.29 is 19.2 Å². The van der Waals surface area contributed by atoms with Crippen LogP contribution in [0, 0.1) is 0 Å². The molecule has 1 amide bonds. The second kappa shape index (κ2) is 10.7. The number of rotatable bonds is 4. The van der Waals surface area contributed by atoms with Gasteiger partial charge in [-0.15, -0.1) is 5.06 Å². The molecule has 0 aromatic heterocycles. The minimum absolute atomic E-state index is 0.00173. The molecule has 0 atom stereocenters. The average Bonchev–Trinajstić information content (AvgIpc) is 2.71. The Morgan fingerprint density at radius 1 is 0.848 bits per heavy atom. The predicted molar refractivity (Wildman–Crippen MR) is 130 cm³/mol. The van der Waals surface area contributed by atoms with Crippen molar-refractivity contribution in [1.29, 1.82) is 0 Å². The number of nitrogens with zero attached hydrogens (tertiary/aromatic N) is 3. The van der Waals surface area contributed by atoms with E-state index in [9.17, 15) is 9.59 Å². The highest BCUT2D eigenvalue weighted by atomic mass is 16.7. The zero-order valence-electron chi connectivity index (χ0n) is 21.7. The van der Waals surface area contributed by atoms with Crippen LogP contribution in [0.5, 0.6) is 0 Å². The highest BCUT2D eigenvalue weighted by Crippen LogP contribution is 2.40. The molecule has 3 fully saturated rings. The van der Waals surface area contributed by atoms with Crippen molar-refractivity contribution in [3.63, 3.8) is 0 Å². The second-order valence-corrected chi connectivity index (χ2v) is 11.5. The smallest absolute Gasteiger partial charge is 0.315 e. The molecule has 0 spiro atoms. The van der Waals surface area contributed by atoms with Gasteiger partial charge in [0.25, 0.3) is 0 Å². The van der Waals surface area contributed by atoms with E-state index in [0.717, 1.165) is 38.5 Å². The van der Waals surface area contributed by atoms with Crippen LogP contribution < -0.4 is 0 Å². The zero-order valence-corrected chi connectivity index (χ0v) is 21.7. The van der Waals surface area contributed by atoms with Crippen LogP contribution in [0.3, 0.4) is 0 Å². The lowest BCUT2D eigenvalue weighted by Crippen LogP contribution is -2.64. The van der Waals surface area contributed by atoms with Gasteiger partial charge in [-0.25, -0.2) is 4.99 Å². The number of amides is 1. The van der Waals surface area contributed by atoms with Crippen molar-refractivity contribution in [2.24, 2.45) is 4.99 Å². The number of carbonyl (C=O) groups is 2. The Labute approximate surface area is 200 Å². The van der Waals surface area contributed by atoms with E-state index >= 15 is 0 Å². The van der Waals surface area contributed by atoms with Gasteiger partial charge in [0.15, 0.2) is 0 Å². The molecule has 1 heterocycles. The first-order valence-corrected chi connectivity index (χ1v) is 13.0. The fourth-order valence-electron chi connectivity index (χ4n) is 6.20. The standard InChI is InChI=1S/C26H45N3O4/c1-19(30)28(22-15-11-8-12-16-22)24(27-21-13-9-7-10-14-21)33-29-25(3,4)17-23(32-20(2)31)18-26(29,5)6/h21-23H,7-18H2,1-6H3/b27-24-. The van der Waals surface area contributed by atoms with Gasteiger partial charge in [-0.05, 0) is 53.4 Å². The molecule has 7 heteroatoms. The molecular formula is C26H45N3O4. The molecule has 0 N–H and O–H groups in total. The van der Waals surface area contributed by atoms with Crippen LogP contribution >= 0.6 is 0 Å². The zero-order chi connectivity index (χ0) is 24.2. The molecule has 1 saturated heterocycles. The Morgan fingerprint density at radius 3 is 1.85 bits per heavy atom. The lowest BCUT2D eigenvalue weighted by atomic mass is 9.80. The van der Waals surface area contributed by atoms with Gasteiger partial charge in [-0.3, -0.25) is 14.5 Å². The van der Waals surface area contributed by atoms with E-state index in [-0.39, 0.29) is 30.1 Å². The summed E-state index contributed by atoms with van der Waals surface area (Å²) in [6, 6.07) is 0.806. The maximum Gasteiger partial charge on any atom is 0.315 e. The minimum atomic E-state index is -0.399. The Kier molecular flexibility index (Phi) is 8.46. The maximum atomic E-state index is 13.0. The molecule has 3 rings (SSSR count). The summed E-state index contributed by atoms with van der Waals surface area (Å²) in [5.74, 6) is -0.248. The number of hydrogen-bond acceptors (Lipinski definition) is 6. The minimum Gasteiger partial charge on any atom is -0.462 e. The number of carbonyl (C=O) groups excluding carboxylic acids is 2. The third-order valence-corrected chi connectivity index (χ3v) is 7.41. The van der Waals surface area contributed by atoms with Crippen LogP contribution in [0.2, 0.25) is 0 Å². The summed E-state index contributed by atoms with van der Waals surface area (Å²) in [6.07, 6.45) is 12.3. The van der Waals surface area contributed by atoms with Crippen LogP contribution in [0.15, 0.2) is 4.99 Å². The summed E-state index contributed by atoms with van der Waals surface area (Å²) in [6.45, 7) is 11.6. The van der Waals surface area contributed by atoms with E-state index in [2.05, 4.69) is 27.7 Å². The molecule has 0 bridgehead atoms. The van der Waals surface area contributed by atoms with Gasteiger partial charge < -0.3 is 9.57 Å². The number of hydrogen-bond donors (Lipinski definition) is 0. The van der Waals surface area contributed by atoms with Crippen molar-refractivity contribution in [2.45, 2.75) is 148 Å². The van der Waals surface area contributed by atoms with E-state index in [0.29, 0.717) is 18.9 Å². The molecule has 7 nitrogen and oxygen atoms in total. The van der Waals surface area contributed by atoms with Crippen LogP contribution in [0.4, 0.5) is 0 Å². The Morgan fingerprint density at radius 2 is 1.36 bits per heavy atom. The first-order valence-electron chi connectivity index (χ1n) is 13.0. The fraction of sp³-hybridized carbons (Fsp3) is 0.885. The Bertz CT molecular complexity index is 703. The summed E-state index contributed by atoms with van der Waals surface area (Å²) in [7, 11) is 0. The van der Waals surface area contributed by atoms with Gasteiger partial charge in [0.05, 0.1) is 17.1 Å². The molecule has 1 aliphatic heterocycles. The van der Waals surface area contributed by atoms with Gasteiger partial charge >= 0.3 is 12.0 Å². The van der Waals surface area contributed by atoms with Crippen molar-refractivity contribution in [1.82, 2.24) is 9.96 Å². The van der Waals surface area contributed by atoms with Crippen LogP contribution in [-0.2, 0) is 19.2 Å². The quantitative estimate of drug-likeness (QED) is 0.318. The predicted octanol–water partition coefficient (Wildman–Crippen LogP) is 5.37. The highest BCUT2D eigenvalue weighted by Gasteiger charge is 2.50. The number of hydroxylamine groups is 2. The number of piperidine rings is 1. The monoisotopic (exact) mass is 463 g/mol. The van der Waals surface area contributed by atoms with Gasteiger partial charge in [-0.2, -0.15) is 0 Å². The Hall–Kier alpha value is -1.63. The molecule has 2 aliphatic carbocycles.